The van der Waals surface area contributed by atoms with Gasteiger partial charge in [-0.2, -0.15) is 0 Å². The molecular weight excluding hydrogens is 372 g/mol. The second-order valence-corrected chi connectivity index (χ2v) is 6.36. The summed E-state index contributed by atoms with van der Waals surface area (Å²) in [5.74, 6) is -3.19. The van der Waals surface area contributed by atoms with Crippen LogP contribution >= 0.6 is 0 Å². The van der Waals surface area contributed by atoms with Crippen LogP contribution < -0.4 is 0 Å². The molecule has 28 heavy (non-hydrogen) atoms. The monoisotopic (exact) mass is 394 g/mol. The van der Waals surface area contributed by atoms with Crippen molar-refractivity contribution in [2.75, 3.05) is 13.2 Å². The van der Waals surface area contributed by atoms with Crippen LogP contribution in [-0.2, 0) is 23.9 Å². The van der Waals surface area contributed by atoms with E-state index in [1.54, 1.807) is 13.0 Å². The highest BCUT2D eigenvalue weighted by Crippen LogP contribution is 2.46. The third-order valence-corrected chi connectivity index (χ3v) is 4.72. The quantitative estimate of drug-likeness (QED) is 0.238. The highest BCUT2D eigenvalue weighted by molar-refractivity contribution is 6.07. The number of carbonyl (C=O) groups is 3. The molecule has 1 aromatic rings. The zero-order chi connectivity index (χ0) is 21.1. The van der Waals surface area contributed by atoms with E-state index in [4.69, 9.17) is 9.47 Å². The van der Waals surface area contributed by atoms with Gasteiger partial charge in [0.1, 0.15) is 6.23 Å². The number of ether oxygens (including phenoxy) is 2. The molecule has 1 amide bonds. The van der Waals surface area contributed by atoms with E-state index in [1.807, 2.05) is 0 Å². The van der Waals surface area contributed by atoms with E-state index >= 15 is 0 Å². The topological polar surface area (TPSA) is 136 Å². The van der Waals surface area contributed by atoms with Crippen LogP contribution in [0.2, 0.25) is 0 Å². The molecule has 2 unspecified atom stereocenters. The van der Waals surface area contributed by atoms with E-state index in [0.29, 0.717) is 10.5 Å². The predicted molar refractivity (Wildman–Crippen MR) is 95.1 cm³/mol. The summed E-state index contributed by atoms with van der Waals surface area (Å²) in [5.41, 5.74) is -1.78. The molecule has 0 aliphatic carbocycles. The van der Waals surface area contributed by atoms with Gasteiger partial charge in [-0.1, -0.05) is 12.1 Å². The second kappa shape index (κ2) is 8.34. The number of hydrogen-bond acceptors (Lipinski definition) is 8. The second-order valence-electron chi connectivity index (χ2n) is 6.36. The number of nitro benzene ring substituents is 1. The fourth-order valence-electron chi connectivity index (χ4n) is 3.46. The SMILES string of the molecule is CCOC(=O)C1(C(=O)OCC)CC(c2ccc(C)cc2[N+](=O)[O-])C(O)N1C=O. The smallest absolute Gasteiger partial charge is 0.344 e. The van der Waals surface area contributed by atoms with Crippen LogP contribution in [0.3, 0.4) is 0 Å². The van der Waals surface area contributed by atoms with Crippen molar-refractivity contribution in [3.63, 3.8) is 0 Å². The van der Waals surface area contributed by atoms with Crippen molar-refractivity contribution >= 4 is 24.0 Å². The third kappa shape index (κ3) is 3.42. The summed E-state index contributed by atoms with van der Waals surface area (Å²) in [6, 6.07) is 4.37. The maximum absolute atomic E-state index is 12.7. The van der Waals surface area contributed by atoms with Crippen molar-refractivity contribution in [2.24, 2.45) is 0 Å². The largest absolute Gasteiger partial charge is 0.464 e. The third-order valence-electron chi connectivity index (χ3n) is 4.72. The summed E-state index contributed by atoms with van der Waals surface area (Å²) >= 11 is 0. The van der Waals surface area contributed by atoms with Crippen LogP contribution in [0.15, 0.2) is 18.2 Å². The van der Waals surface area contributed by atoms with Crippen molar-refractivity contribution in [2.45, 2.75) is 44.9 Å². The number of aryl methyl sites for hydroxylation is 1. The number of benzene rings is 1. The predicted octanol–water partition coefficient (Wildman–Crippen LogP) is 1.03. The van der Waals surface area contributed by atoms with E-state index in [1.165, 1.54) is 26.0 Å². The molecular formula is C18H22N2O8. The van der Waals surface area contributed by atoms with Gasteiger partial charge in [0.15, 0.2) is 0 Å². The number of likely N-dealkylation sites (tertiary alicyclic amines) is 1. The lowest BCUT2D eigenvalue weighted by molar-refractivity contribution is -0.385. The van der Waals surface area contributed by atoms with Gasteiger partial charge in [-0.15, -0.1) is 0 Å². The van der Waals surface area contributed by atoms with Crippen LogP contribution in [0.25, 0.3) is 0 Å². The lowest BCUT2D eigenvalue weighted by Gasteiger charge is -2.32. The molecule has 1 saturated heterocycles. The minimum atomic E-state index is -2.23. The van der Waals surface area contributed by atoms with Crippen LogP contribution in [0.1, 0.15) is 37.3 Å². The Morgan fingerprint density at radius 1 is 1.32 bits per heavy atom. The van der Waals surface area contributed by atoms with E-state index in [0.717, 1.165) is 0 Å². The average Bonchev–Trinajstić information content (AvgIpc) is 2.95. The van der Waals surface area contributed by atoms with Gasteiger partial charge in [-0.3, -0.25) is 19.8 Å². The number of esters is 2. The first-order chi connectivity index (χ1) is 13.2. The van der Waals surface area contributed by atoms with E-state index in [2.05, 4.69) is 0 Å². The first-order valence-electron chi connectivity index (χ1n) is 8.75. The number of nitro groups is 1. The minimum absolute atomic E-state index is 0.0713. The van der Waals surface area contributed by atoms with Gasteiger partial charge in [0.2, 0.25) is 11.9 Å². The molecule has 0 spiro atoms. The summed E-state index contributed by atoms with van der Waals surface area (Å²) in [7, 11) is 0. The van der Waals surface area contributed by atoms with Crippen molar-refractivity contribution in [1.29, 1.82) is 0 Å². The van der Waals surface area contributed by atoms with Crippen molar-refractivity contribution in [3.05, 3.63) is 39.4 Å². The number of hydrogen-bond donors (Lipinski definition) is 1. The maximum atomic E-state index is 12.7. The normalized spacial score (nSPS) is 20.5. The molecule has 1 N–H and O–H groups in total. The maximum Gasteiger partial charge on any atom is 0.344 e. The molecule has 0 aromatic heterocycles. The molecule has 1 fully saturated rings. The summed E-state index contributed by atoms with van der Waals surface area (Å²) in [5, 5.41) is 22.2. The average molecular weight is 394 g/mol. The first-order valence-corrected chi connectivity index (χ1v) is 8.75. The molecule has 152 valence electrons. The standard InChI is InChI=1S/C18H22N2O8/c1-4-27-16(23)18(17(24)28-5-2)9-13(15(22)19(18)10-21)12-7-6-11(3)8-14(12)20(25)26/h6-8,10,13,15,22H,4-5,9H2,1-3H3. The fraction of sp³-hybridized carbons (Fsp3) is 0.500. The van der Waals surface area contributed by atoms with E-state index in [-0.39, 0.29) is 30.9 Å². The molecule has 1 aromatic carbocycles. The minimum Gasteiger partial charge on any atom is -0.464 e. The summed E-state index contributed by atoms with van der Waals surface area (Å²) in [4.78, 5) is 48.6. The zero-order valence-electron chi connectivity index (χ0n) is 15.8. The number of carbonyl (C=O) groups excluding carboxylic acids is 3. The highest BCUT2D eigenvalue weighted by atomic mass is 16.6. The summed E-state index contributed by atoms with van der Waals surface area (Å²) in [6.07, 6.45) is -1.92. The number of aliphatic hydroxyl groups is 1. The zero-order valence-corrected chi connectivity index (χ0v) is 15.8. The molecule has 1 aliphatic heterocycles. The number of nitrogens with zero attached hydrogens (tertiary/aromatic N) is 2. The van der Waals surface area contributed by atoms with Gasteiger partial charge in [-0.25, -0.2) is 9.59 Å². The molecule has 10 heteroatoms. The van der Waals surface area contributed by atoms with Crippen LogP contribution in [0.5, 0.6) is 0 Å². The fourth-order valence-corrected chi connectivity index (χ4v) is 3.46. The summed E-state index contributed by atoms with van der Waals surface area (Å²) in [6.45, 7) is 4.57. The lowest BCUT2D eigenvalue weighted by Crippen LogP contribution is -2.59. The Labute approximate surface area is 161 Å². The lowest BCUT2D eigenvalue weighted by atomic mass is 9.87. The Hall–Kier alpha value is -3.01. The van der Waals surface area contributed by atoms with Crippen LogP contribution in [-0.4, -0.2) is 58.3 Å². The number of rotatable bonds is 7. The molecule has 2 rings (SSSR count). The Kier molecular flexibility index (Phi) is 6.34. The van der Waals surface area contributed by atoms with Gasteiger partial charge in [0.25, 0.3) is 5.69 Å². The highest BCUT2D eigenvalue weighted by Gasteiger charge is 2.63. The molecule has 2 atom stereocenters. The first kappa shape index (κ1) is 21.3. The van der Waals surface area contributed by atoms with E-state index < -0.39 is 41.0 Å². The molecule has 0 radical (unpaired) electrons. The molecule has 0 saturated carbocycles. The molecule has 1 aliphatic rings. The van der Waals surface area contributed by atoms with Gasteiger partial charge in [0.05, 0.1) is 18.1 Å². The van der Waals surface area contributed by atoms with Gasteiger partial charge >= 0.3 is 11.9 Å². The molecule has 0 bridgehead atoms. The van der Waals surface area contributed by atoms with Gasteiger partial charge < -0.3 is 14.6 Å². The Morgan fingerprint density at radius 3 is 2.36 bits per heavy atom. The molecule has 1 heterocycles. The molecule has 10 nitrogen and oxygen atoms in total. The Balaban J connectivity index is 2.63. The Morgan fingerprint density at radius 2 is 1.89 bits per heavy atom. The number of aliphatic hydroxyl groups excluding tert-OH is 1. The van der Waals surface area contributed by atoms with Crippen LogP contribution in [0, 0.1) is 17.0 Å². The Bertz CT molecular complexity index is 776. The van der Waals surface area contributed by atoms with Crippen molar-refractivity contribution < 1.29 is 33.9 Å². The van der Waals surface area contributed by atoms with Crippen LogP contribution in [0.4, 0.5) is 5.69 Å². The summed E-state index contributed by atoms with van der Waals surface area (Å²) < 4.78 is 9.95. The number of amides is 1. The van der Waals surface area contributed by atoms with Gasteiger partial charge in [-0.05, 0) is 26.3 Å². The van der Waals surface area contributed by atoms with Crippen molar-refractivity contribution in [1.82, 2.24) is 4.90 Å². The van der Waals surface area contributed by atoms with Gasteiger partial charge in [0, 0.05) is 24.0 Å². The van der Waals surface area contributed by atoms with Crippen molar-refractivity contribution in [3.8, 4) is 0 Å². The van der Waals surface area contributed by atoms with E-state index in [9.17, 15) is 29.6 Å².